The van der Waals surface area contributed by atoms with Crippen molar-refractivity contribution in [1.29, 1.82) is 0 Å². The third-order valence-electron chi connectivity index (χ3n) is 5.40. The molecule has 1 aliphatic heterocycles. The SMILES string of the molecule is COC(=O)CCCN1C(=S)N[C@@H](c2ccccn2)[C@H]1c1cccn1-c1ccccc1F. The van der Waals surface area contributed by atoms with Gasteiger partial charge in [-0.25, -0.2) is 4.39 Å². The number of thiocarbonyl (C=S) groups is 1. The van der Waals surface area contributed by atoms with Gasteiger partial charge in [0.1, 0.15) is 5.82 Å². The number of methoxy groups -OCH3 is 1. The number of carbonyl (C=O) groups is 1. The summed E-state index contributed by atoms with van der Waals surface area (Å²) in [5.74, 6) is -0.564. The second-order valence-electron chi connectivity index (χ2n) is 7.25. The van der Waals surface area contributed by atoms with Crippen molar-refractivity contribution in [3.8, 4) is 5.69 Å². The van der Waals surface area contributed by atoms with Gasteiger partial charge >= 0.3 is 5.97 Å². The second kappa shape index (κ2) is 9.26. The number of hydrogen-bond acceptors (Lipinski definition) is 4. The van der Waals surface area contributed by atoms with Gasteiger partial charge in [0.15, 0.2) is 5.11 Å². The molecule has 31 heavy (non-hydrogen) atoms. The maximum atomic E-state index is 14.6. The Morgan fingerprint density at radius 1 is 1.19 bits per heavy atom. The molecule has 0 unspecified atom stereocenters. The average molecular weight is 439 g/mol. The van der Waals surface area contributed by atoms with E-state index in [1.54, 1.807) is 18.3 Å². The topological polar surface area (TPSA) is 59.4 Å². The fourth-order valence-electron chi connectivity index (χ4n) is 3.97. The highest BCUT2D eigenvalue weighted by Crippen LogP contribution is 2.39. The van der Waals surface area contributed by atoms with Crippen LogP contribution in [0.1, 0.15) is 36.3 Å². The molecule has 4 rings (SSSR count). The minimum Gasteiger partial charge on any atom is -0.469 e. The van der Waals surface area contributed by atoms with Gasteiger partial charge in [-0.2, -0.15) is 0 Å². The number of pyridine rings is 1. The summed E-state index contributed by atoms with van der Waals surface area (Å²) in [5, 5.41) is 3.95. The molecular weight excluding hydrogens is 415 g/mol. The summed E-state index contributed by atoms with van der Waals surface area (Å²) in [6.45, 7) is 0.553. The minimum atomic E-state index is -0.305. The highest BCUT2D eigenvalue weighted by molar-refractivity contribution is 7.80. The molecule has 1 fully saturated rings. The largest absolute Gasteiger partial charge is 0.469 e. The van der Waals surface area contributed by atoms with Gasteiger partial charge in [0.2, 0.25) is 0 Å². The number of carbonyl (C=O) groups excluding carboxylic acids is 1. The van der Waals surface area contributed by atoms with Gasteiger partial charge in [-0.1, -0.05) is 18.2 Å². The van der Waals surface area contributed by atoms with Crippen molar-refractivity contribution in [2.45, 2.75) is 24.9 Å². The van der Waals surface area contributed by atoms with Gasteiger partial charge in [-0.15, -0.1) is 0 Å². The van der Waals surface area contributed by atoms with Crippen LogP contribution in [-0.4, -0.2) is 39.2 Å². The van der Waals surface area contributed by atoms with Crippen LogP contribution in [-0.2, 0) is 9.53 Å². The van der Waals surface area contributed by atoms with E-state index in [0.717, 1.165) is 11.4 Å². The molecule has 1 saturated heterocycles. The number of nitrogens with one attached hydrogen (secondary N) is 1. The van der Waals surface area contributed by atoms with Crippen LogP contribution in [0, 0.1) is 5.82 Å². The Balaban J connectivity index is 1.73. The lowest BCUT2D eigenvalue weighted by atomic mass is 10.0. The van der Waals surface area contributed by atoms with E-state index in [4.69, 9.17) is 17.0 Å². The van der Waals surface area contributed by atoms with Gasteiger partial charge in [0.05, 0.1) is 30.6 Å². The zero-order valence-electron chi connectivity index (χ0n) is 17.1. The molecule has 6 nitrogen and oxygen atoms in total. The first-order chi connectivity index (χ1) is 15.1. The van der Waals surface area contributed by atoms with Crippen molar-refractivity contribution >= 4 is 23.3 Å². The fourth-order valence-corrected chi connectivity index (χ4v) is 4.30. The summed E-state index contributed by atoms with van der Waals surface area (Å²) < 4.78 is 21.2. The number of halogens is 1. The predicted molar refractivity (Wildman–Crippen MR) is 119 cm³/mol. The Morgan fingerprint density at radius 2 is 2.00 bits per heavy atom. The highest BCUT2D eigenvalue weighted by Gasteiger charge is 2.41. The molecule has 0 amide bonds. The summed E-state index contributed by atoms with van der Waals surface area (Å²) in [7, 11) is 1.38. The van der Waals surface area contributed by atoms with Crippen LogP contribution in [0.15, 0.2) is 67.0 Å². The maximum absolute atomic E-state index is 14.6. The molecule has 8 heteroatoms. The Morgan fingerprint density at radius 3 is 2.74 bits per heavy atom. The molecule has 0 spiro atoms. The van der Waals surface area contributed by atoms with Crippen LogP contribution < -0.4 is 5.32 Å². The lowest BCUT2D eigenvalue weighted by Gasteiger charge is -2.29. The summed E-state index contributed by atoms with van der Waals surface area (Å²) in [6.07, 6.45) is 4.47. The molecule has 2 atom stereocenters. The normalized spacial score (nSPS) is 18.1. The molecule has 1 aliphatic rings. The first-order valence-corrected chi connectivity index (χ1v) is 10.5. The fraction of sp³-hybridized carbons (Fsp3) is 0.261. The van der Waals surface area contributed by atoms with E-state index in [0.29, 0.717) is 30.2 Å². The monoisotopic (exact) mass is 438 g/mol. The molecular formula is C23H23FN4O2S. The van der Waals surface area contributed by atoms with Crippen LogP contribution in [0.2, 0.25) is 0 Å². The van der Waals surface area contributed by atoms with E-state index >= 15 is 0 Å². The van der Waals surface area contributed by atoms with E-state index in [1.165, 1.54) is 13.2 Å². The second-order valence-corrected chi connectivity index (χ2v) is 7.64. The average Bonchev–Trinajstić information content (AvgIpc) is 3.39. The first kappa shape index (κ1) is 21.0. The third-order valence-corrected chi connectivity index (χ3v) is 5.75. The quantitative estimate of drug-likeness (QED) is 0.446. The molecule has 2 aromatic heterocycles. The maximum Gasteiger partial charge on any atom is 0.305 e. The van der Waals surface area contributed by atoms with Crippen molar-refractivity contribution in [1.82, 2.24) is 19.8 Å². The Hall–Kier alpha value is -3.26. The highest BCUT2D eigenvalue weighted by atomic mass is 32.1. The molecule has 3 aromatic rings. The molecule has 160 valence electrons. The van der Waals surface area contributed by atoms with Gasteiger partial charge < -0.3 is 19.5 Å². The van der Waals surface area contributed by atoms with E-state index in [2.05, 4.69) is 10.3 Å². The van der Waals surface area contributed by atoms with E-state index < -0.39 is 0 Å². The van der Waals surface area contributed by atoms with Gasteiger partial charge in [0, 0.05) is 31.1 Å². The summed E-state index contributed by atoms with van der Waals surface area (Å²) in [4.78, 5) is 18.2. The van der Waals surface area contributed by atoms with Crippen LogP contribution in [0.4, 0.5) is 4.39 Å². The number of aromatic nitrogens is 2. The minimum absolute atomic E-state index is 0.216. The lowest BCUT2D eigenvalue weighted by molar-refractivity contribution is -0.140. The number of esters is 1. The van der Waals surface area contributed by atoms with Crippen molar-refractivity contribution in [3.05, 3.63) is 84.2 Å². The summed E-state index contributed by atoms with van der Waals surface area (Å²) in [6, 6.07) is 15.8. The molecule has 0 bridgehead atoms. The van der Waals surface area contributed by atoms with Crippen LogP contribution in [0.5, 0.6) is 0 Å². The van der Waals surface area contributed by atoms with Crippen LogP contribution in [0.25, 0.3) is 5.69 Å². The number of rotatable bonds is 7. The smallest absolute Gasteiger partial charge is 0.305 e. The molecule has 3 heterocycles. The standard InChI is InChI=1S/C23H23FN4O2S/c1-30-20(29)12-7-15-28-22(21(26-23(28)31)17-9-4-5-13-25-17)19-11-6-14-27(19)18-10-3-2-8-16(18)24/h2-6,8-11,13-14,21-22H,7,12,15H2,1H3,(H,26,31)/t21-,22+/m0/s1. The van der Waals surface area contributed by atoms with E-state index in [1.807, 2.05) is 52.1 Å². The number of para-hydroxylation sites is 1. The van der Waals surface area contributed by atoms with Gasteiger partial charge in [-0.3, -0.25) is 9.78 Å². The zero-order chi connectivity index (χ0) is 21.8. The van der Waals surface area contributed by atoms with E-state index in [9.17, 15) is 9.18 Å². The van der Waals surface area contributed by atoms with Crippen molar-refractivity contribution in [2.75, 3.05) is 13.7 Å². The number of hydrogen-bond donors (Lipinski definition) is 1. The van der Waals surface area contributed by atoms with Crippen molar-refractivity contribution in [3.63, 3.8) is 0 Å². The summed E-state index contributed by atoms with van der Waals surface area (Å²) in [5.41, 5.74) is 2.19. The summed E-state index contributed by atoms with van der Waals surface area (Å²) >= 11 is 5.65. The molecule has 0 saturated carbocycles. The Kier molecular flexibility index (Phi) is 6.27. The zero-order valence-corrected chi connectivity index (χ0v) is 17.9. The number of nitrogens with zero attached hydrogens (tertiary/aromatic N) is 3. The van der Waals surface area contributed by atoms with Crippen LogP contribution >= 0.6 is 12.2 Å². The Labute approximate surface area is 185 Å². The third kappa shape index (κ3) is 4.29. The van der Waals surface area contributed by atoms with Crippen LogP contribution in [0.3, 0.4) is 0 Å². The van der Waals surface area contributed by atoms with Crippen molar-refractivity contribution in [2.24, 2.45) is 0 Å². The molecule has 0 aliphatic carbocycles. The van der Waals surface area contributed by atoms with Gasteiger partial charge in [0.25, 0.3) is 0 Å². The molecule has 0 radical (unpaired) electrons. The number of benzene rings is 1. The lowest BCUT2D eigenvalue weighted by Crippen LogP contribution is -2.31. The van der Waals surface area contributed by atoms with Crippen molar-refractivity contribution < 1.29 is 13.9 Å². The first-order valence-electron chi connectivity index (χ1n) is 10.1. The van der Waals surface area contributed by atoms with Gasteiger partial charge in [-0.05, 0) is 55.0 Å². The molecule has 1 N–H and O–H groups in total. The van der Waals surface area contributed by atoms with E-state index in [-0.39, 0.29) is 23.9 Å². The Bertz CT molecular complexity index is 1070. The predicted octanol–water partition coefficient (Wildman–Crippen LogP) is 3.94. The molecule has 1 aromatic carbocycles. The number of ether oxygens (including phenoxy) is 1.